The Morgan fingerprint density at radius 2 is 1.67 bits per heavy atom. The van der Waals surface area contributed by atoms with Crippen LogP contribution in [0.1, 0.15) is 27.7 Å². The van der Waals surface area contributed by atoms with Gasteiger partial charge >= 0.3 is 0 Å². The molecular formula is C13H26N2. The molecule has 15 heavy (non-hydrogen) atoms. The maximum absolute atomic E-state index is 4.06. The largest absolute Gasteiger partial charge is 0.384 e. The quantitative estimate of drug-likeness (QED) is 0.631. The van der Waals surface area contributed by atoms with Gasteiger partial charge in [-0.25, -0.2) is 0 Å². The van der Waals surface area contributed by atoms with Gasteiger partial charge in [0, 0.05) is 18.3 Å². The topological polar surface area (TPSA) is 24.1 Å². The van der Waals surface area contributed by atoms with Gasteiger partial charge in [0.05, 0.1) is 0 Å². The van der Waals surface area contributed by atoms with Gasteiger partial charge in [-0.3, -0.25) is 0 Å². The predicted octanol–water partition coefficient (Wildman–Crippen LogP) is 2.55. The maximum Gasteiger partial charge on any atom is 0.0484 e. The first kappa shape index (κ1) is 14.2. The molecule has 1 atom stereocenters. The van der Waals surface area contributed by atoms with Crippen molar-refractivity contribution in [2.75, 3.05) is 13.6 Å². The van der Waals surface area contributed by atoms with Gasteiger partial charge in [-0.2, -0.15) is 0 Å². The van der Waals surface area contributed by atoms with E-state index in [0.29, 0.717) is 17.9 Å². The first-order valence-corrected chi connectivity index (χ1v) is 5.67. The molecule has 0 heterocycles. The summed E-state index contributed by atoms with van der Waals surface area (Å²) < 4.78 is 0. The van der Waals surface area contributed by atoms with Crippen molar-refractivity contribution < 1.29 is 0 Å². The van der Waals surface area contributed by atoms with E-state index >= 15 is 0 Å². The Bertz CT molecular complexity index is 217. The molecule has 1 unspecified atom stereocenters. The Balaban J connectivity index is 4.07. The van der Waals surface area contributed by atoms with Crippen LogP contribution in [-0.2, 0) is 0 Å². The van der Waals surface area contributed by atoms with E-state index in [4.69, 9.17) is 0 Å². The Labute approximate surface area is 94.8 Å². The molecule has 0 aromatic carbocycles. The van der Waals surface area contributed by atoms with E-state index in [9.17, 15) is 0 Å². The van der Waals surface area contributed by atoms with Crippen molar-refractivity contribution in [3.05, 3.63) is 24.4 Å². The lowest BCUT2D eigenvalue weighted by Crippen LogP contribution is -2.38. The molecule has 0 rings (SSSR count). The standard InChI is InChI=1S/C13H26N2/c1-9(2)11(5)8-15-12(6)13(14-7)10(3)4/h9-10,13-15H,5-6,8H2,1-4,7H3. The summed E-state index contributed by atoms with van der Waals surface area (Å²) in [6, 6.07) is 0.324. The second-order valence-electron chi connectivity index (χ2n) is 4.70. The molecule has 0 fully saturated rings. The summed E-state index contributed by atoms with van der Waals surface area (Å²) in [7, 11) is 1.97. The highest BCUT2D eigenvalue weighted by molar-refractivity contribution is 5.09. The van der Waals surface area contributed by atoms with Gasteiger partial charge in [-0.15, -0.1) is 0 Å². The van der Waals surface area contributed by atoms with Crippen molar-refractivity contribution >= 4 is 0 Å². The van der Waals surface area contributed by atoms with Crippen molar-refractivity contribution in [2.45, 2.75) is 33.7 Å². The minimum atomic E-state index is 0.324. The molecule has 2 heteroatoms. The number of hydrogen-bond donors (Lipinski definition) is 2. The van der Waals surface area contributed by atoms with E-state index in [1.165, 1.54) is 5.57 Å². The molecule has 0 amide bonds. The fourth-order valence-corrected chi connectivity index (χ4v) is 1.45. The zero-order chi connectivity index (χ0) is 12.0. The zero-order valence-corrected chi connectivity index (χ0v) is 10.9. The van der Waals surface area contributed by atoms with Crippen molar-refractivity contribution in [3.8, 4) is 0 Å². The summed E-state index contributed by atoms with van der Waals surface area (Å²) in [5.41, 5.74) is 2.27. The van der Waals surface area contributed by atoms with E-state index in [0.717, 1.165) is 12.2 Å². The van der Waals surface area contributed by atoms with Crippen molar-refractivity contribution in [3.63, 3.8) is 0 Å². The second kappa shape index (κ2) is 6.67. The molecule has 0 aliphatic heterocycles. The molecule has 0 spiro atoms. The second-order valence-corrected chi connectivity index (χ2v) is 4.70. The van der Waals surface area contributed by atoms with Crippen molar-refractivity contribution in [2.24, 2.45) is 11.8 Å². The zero-order valence-electron chi connectivity index (χ0n) is 10.9. The molecule has 2 N–H and O–H groups in total. The summed E-state index contributed by atoms with van der Waals surface area (Å²) in [6.07, 6.45) is 0. The van der Waals surface area contributed by atoms with Crippen molar-refractivity contribution in [1.82, 2.24) is 10.6 Å². The van der Waals surface area contributed by atoms with Gasteiger partial charge in [-0.1, -0.05) is 46.4 Å². The first-order chi connectivity index (χ1) is 6.90. The average Bonchev–Trinajstić information content (AvgIpc) is 2.14. The average molecular weight is 210 g/mol. The Morgan fingerprint density at radius 3 is 2.00 bits per heavy atom. The van der Waals surface area contributed by atoms with E-state index in [1.54, 1.807) is 0 Å². The smallest absolute Gasteiger partial charge is 0.0484 e. The lowest BCUT2D eigenvalue weighted by Gasteiger charge is -2.24. The molecule has 0 aliphatic rings. The molecule has 0 saturated carbocycles. The Hall–Kier alpha value is -0.760. The number of hydrogen-bond acceptors (Lipinski definition) is 2. The third-order valence-corrected chi connectivity index (χ3v) is 2.71. The third-order valence-electron chi connectivity index (χ3n) is 2.71. The van der Waals surface area contributed by atoms with Crippen LogP contribution in [0, 0.1) is 11.8 Å². The highest BCUT2D eigenvalue weighted by Crippen LogP contribution is 2.10. The molecule has 0 aromatic heterocycles. The van der Waals surface area contributed by atoms with Crippen molar-refractivity contribution in [1.29, 1.82) is 0 Å². The normalized spacial score (nSPS) is 13.0. The van der Waals surface area contributed by atoms with Crippen LogP contribution >= 0.6 is 0 Å². The van der Waals surface area contributed by atoms with Crippen LogP contribution < -0.4 is 10.6 Å². The minimum Gasteiger partial charge on any atom is -0.384 e. The van der Waals surface area contributed by atoms with Gasteiger partial charge in [0.15, 0.2) is 0 Å². The van der Waals surface area contributed by atoms with E-state index in [2.05, 4.69) is 51.5 Å². The molecule has 0 aliphatic carbocycles. The minimum absolute atomic E-state index is 0.324. The SMILES string of the molecule is C=C(CNC(=C)C(NC)C(C)C)C(C)C. The molecular weight excluding hydrogens is 184 g/mol. The summed E-state index contributed by atoms with van der Waals surface area (Å²) in [5.74, 6) is 1.07. The van der Waals surface area contributed by atoms with E-state index in [-0.39, 0.29) is 0 Å². The van der Waals surface area contributed by atoms with Crippen LogP contribution in [0.4, 0.5) is 0 Å². The number of likely N-dealkylation sites (N-methyl/N-ethyl adjacent to an activating group) is 1. The van der Waals surface area contributed by atoms with Crippen LogP contribution in [0.3, 0.4) is 0 Å². The monoisotopic (exact) mass is 210 g/mol. The third kappa shape index (κ3) is 5.03. The summed E-state index contributed by atoms with van der Waals surface area (Å²) in [5, 5.41) is 6.60. The molecule has 0 aromatic rings. The van der Waals surface area contributed by atoms with Gasteiger partial charge < -0.3 is 10.6 Å². The van der Waals surface area contributed by atoms with E-state index < -0.39 is 0 Å². The molecule has 0 bridgehead atoms. The Morgan fingerprint density at radius 1 is 1.13 bits per heavy atom. The van der Waals surface area contributed by atoms with Gasteiger partial charge in [0.2, 0.25) is 0 Å². The Kier molecular flexibility index (Phi) is 6.34. The summed E-state index contributed by atoms with van der Waals surface area (Å²) in [6.45, 7) is 17.6. The van der Waals surface area contributed by atoms with Gasteiger partial charge in [0.25, 0.3) is 0 Å². The number of rotatable bonds is 7. The predicted molar refractivity (Wildman–Crippen MR) is 68.8 cm³/mol. The van der Waals surface area contributed by atoms with Crippen LogP contribution in [0.15, 0.2) is 24.4 Å². The molecule has 2 nitrogen and oxygen atoms in total. The first-order valence-electron chi connectivity index (χ1n) is 5.67. The summed E-state index contributed by atoms with van der Waals surface area (Å²) in [4.78, 5) is 0. The van der Waals surface area contributed by atoms with Gasteiger partial charge in [-0.05, 0) is 18.9 Å². The van der Waals surface area contributed by atoms with Crippen LogP contribution in [-0.4, -0.2) is 19.6 Å². The molecule has 0 saturated heterocycles. The lowest BCUT2D eigenvalue weighted by molar-refractivity contribution is 0.457. The van der Waals surface area contributed by atoms with Crippen LogP contribution in [0.5, 0.6) is 0 Å². The maximum atomic E-state index is 4.06. The van der Waals surface area contributed by atoms with Gasteiger partial charge in [0.1, 0.15) is 0 Å². The van der Waals surface area contributed by atoms with Crippen LogP contribution in [0.2, 0.25) is 0 Å². The molecule has 88 valence electrons. The number of nitrogens with one attached hydrogen (secondary N) is 2. The summed E-state index contributed by atoms with van der Waals surface area (Å²) >= 11 is 0. The highest BCUT2D eigenvalue weighted by Gasteiger charge is 2.14. The molecule has 0 radical (unpaired) electrons. The highest BCUT2D eigenvalue weighted by atomic mass is 15.0. The fraction of sp³-hybridized carbons (Fsp3) is 0.692. The lowest BCUT2D eigenvalue weighted by atomic mass is 10.0. The van der Waals surface area contributed by atoms with E-state index in [1.807, 2.05) is 7.05 Å². The van der Waals surface area contributed by atoms with Crippen LogP contribution in [0.25, 0.3) is 0 Å². The fourth-order valence-electron chi connectivity index (χ4n) is 1.45.